The zero-order valence-electron chi connectivity index (χ0n) is 8.36. The molecule has 1 saturated heterocycles. The number of ether oxygens (including phenoxy) is 1. The maximum absolute atomic E-state index is 11.5. The van der Waals surface area contributed by atoms with Crippen molar-refractivity contribution in [2.24, 2.45) is 0 Å². The van der Waals surface area contributed by atoms with Crippen molar-refractivity contribution in [3.8, 4) is 0 Å². The van der Waals surface area contributed by atoms with E-state index < -0.39 is 6.09 Å². The van der Waals surface area contributed by atoms with Gasteiger partial charge in [0.15, 0.2) is 0 Å². The second-order valence-corrected chi connectivity index (χ2v) is 3.89. The predicted octanol–water partition coefficient (Wildman–Crippen LogP) is 1.69. The van der Waals surface area contributed by atoms with E-state index in [-0.39, 0.29) is 18.1 Å². The Bertz CT molecular complexity index is 264. The minimum Gasteiger partial charge on any atom is -0.444 e. The average Bonchev–Trinajstić information content (AvgIpc) is 2.53. The van der Waals surface area contributed by atoms with Gasteiger partial charge < -0.3 is 4.74 Å². The van der Waals surface area contributed by atoms with Crippen molar-refractivity contribution < 1.29 is 14.3 Å². The van der Waals surface area contributed by atoms with Gasteiger partial charge in [0.1, 0.15) is 6.10 Å². The molecule has 0 spiro atoms. The third-order valence-electron chi connectivity index (χ3n) is 3.02. The van der Waals surface area contributed by atoms with Crippen LogP contribution in [0.2, 0.25) is 0 Å². The Morgan fingerprint density at radius 1 is 1.50 bits per heavy atom. The summed E-state index contributed by atoms with van der Waals surface area (Å²) in [5.74, 6) is -0.107. The standard InChI is InChI=1S/C10H15NO3/c1-2-9(12)11-7-5-3-4-6-8(7)14-10(11)13/h7-8H,2-6H2,1H3/t7-,8+/m0/s1. The van der Waals surface area contributed by atoms with Crippen LogP contribution in [0.5, 0.6) is 0 Å². The first-order chi connectivity index (χ1) is 6.74. The van der Waals surface area contributed by atoms with E-state index in [1.54, 1.807) is 6.92 Å². The lowest BCUT2D eigenvalue weighted by molar-refractivity contribution is -0.129. The third kappa shape index (κ3) is 1.38. The number of hydrogen-bond donors (Lipinski definition) is 0. The Hall–Kier alpha value is -1.06. The fourth-order valence-electron chi connectivity index (χ4n) is 2.29. The number of imide groups is 1. The molecule has 2 fully saturated rings. The first-order valence-corrected chi connectivity index (χ1v) is 5.26. The maximum Gasteiger partial charge on any atom is 0.417 e. The lowest BCUT2D eigenvalue weighted by atomic mass is 9.92. The van der Waals surface area contributed by atoms with E-state index in [9.17, 15) is 9.59 Å². The molecule has 1 heterocycles. The van der Waals surface area contributed by atoms with Gasteiger partial charge in [-0.05, 0) is 19.3 Å². The minimum atomic E-state index is -0.436. The van der Waals surface area contributed by atoms with Gasteiger partial charge in [-0.3, -0.25) is 4.79 Å². The molecular formula is C10H15NO3. The van der Waals surface area contributed by atoms with E-state index in [0.29, 0.717) is 6.42 Å². The summed E-state index contributed by atoms with van der Waals surface area (Å²) in [7, 11) is 0. The van der Waals surface area contributed by atoms with E-state index in [1.807, 2.05) is 0 Å². The van der Waals surface area contributed by atoms with Crippen LogP contribution in [-0.4, -0.2) is 29.0 Å². The summed E-state index contributed by atoms with van der Waals surface area (Å²) in [6.45, 7) is 1.77. The highest BCUT2D eigenvalue weighted by atomic mass is 16.6. The van der Waals surface area contributed by atoms with Crippen molar-refractivity contribution in [2.75, 3.05) is 0 Å². The van der Waals surface area contributed by atoms with Gasteiger partial charge in [0, 0.05) is 6.42 Å². The topological polar surface area (TPSA) is 46.6 Å². The number of rotatable bonds is 1. The van der Waals surface area contributed by atoms with Gasteiger partial charge >= 0.3 is 6.09 Å². The van der Waals surface area contributed by atoms with Gasteiger partial charge in [-0.25, -0.2) is 9.69 Å². The quantitative estimate of drug-likeness (QED) is 0.642. The van der Waals surface area contributed by atoms with Crippen LogP contribution in [-0.2, 0) is 9.53 Å². The molecule has 1 saturated carbocycles. The molecule has 0 aromatic carbocycles. The van der Waals surface area contributed by atoms with Crippen molar-refractivity contribution in [3.63, 3.8) is 0 Å². The molecule has 2 amide bonds. The first-order valence-electron chi connectivity index (χ1n) is 5.26. The largest absolute Gasteiger partial charge is 0.444 e. The normalized spacial score (nSPS) is 31.2. The molecule has 0 aromatic heterocycles. The smallest absolute Gasteiger partial charge is 0.417 e. The molecule has 2 aliphatic rings. The summed E-state index contributed by atoms with van der Waals surface area (Å²) in [4.78, 5) is 24.3. The van der Waals surface area contributed by atoms with E-state index >= 15 is 0 Å². The number of carbonyl (C=O) groups excluding carboxylic acids is 2. The van der Waals surface area contributed by atoms with Gasteiger partial charge in [0.2, 0.25) is 5.91 Å². The summed E-state index contributed by atoms with van der Waals surface area (Å²) in [5.41, 5.74) is 0. The minimum absolute atomic E-state index is 0.0173. The van der Waals surface area contributed by atoms with Crippen LogP contribution in [0.4, 0.5) is 4.79 Å². The zero-order chi connectivity index (χ0) is 10.1. The van der Waals surface area contributed by atoms with Gasteiger partial charge in [-0.2, -0.15) is 0 Å². The van der Waals surface area contributed by atoms with Gasteiger partial charge in [0.05, 0.1) is 6.04 Å². The second-order valence-electron chi connectivity index (χ2n) is 3.89. The molecule has 1 aliphatic carbocycles. The van der Waals surface area contributed by atoms with Crippen LogP contribution in [0.15, 0.2) is 0 Å². The fraction of sp³-hybridized carbons (Fsp3) is 0.800. The summed E-state index contributed by atoms with van der Waals surface area (Å²) in [6.07, 6.45) is 3.90. The Balaban J connectivity index is 2.15. The molecule has 2 rings (SSSR count). The second kappa shape index (κ2) is 3.59. The highest BCUT2D eigenvalue weighted by molar-refractivity contribution is 5.93. The summed E-state index contributed by atoms with van der Waals surface area (Å²) in [5, 5.41) is 0. The lowest BCUT2D eigenvalue weighted by Crippen LogP contribution is -2.42. The van der Waals surface area contributed by atoms with Crippen LogP contribution in [0, 0.1) is 0 Å². The van der Waals surface area contributed by atoms with Gasteiger partial charge in [-0.1, -0.05) is 13.3 Å². The Morgan fingerprint density at radius 3 is 2.93 bits per heavy atom. The Morgan fingerprint density at radius 2 is 2.21 bits per heavy atom. The number of amides is 2. The monoisotopic (exact) mass is 197 g/mol. The van der Waals surface area contributed by atoms with Crippen LogP contribution in [0.25, 0.3) is 0 Å². The SMILES string of the molecule is CCC(=O)N1C(=O)O[C@@H]2CCCC[C@@H]21. The van der Waals surface area contributed by atoms with Gasteiger partial charge in [0.25, 0.3) is 0 Å². The average molecular weight is 197 g/mol. The Kier molecular flexibility index (Phi) is 2.44. The lowest BCUT2D eigenvalue weighted by Gasteiger charge is -2.26. The summed E-state index contributed by atoms with van der Waals surface area (Å²) in [6, 6.07) is 0.0173. The van der Waals surface area contributed by atoms with E-state index in [1.165, 1.54) is 4.90 Å². The molecule has 0 aromatic rings. The van der Waals surface area contributed by atoms with E-state index in [0.717, 1.165) is 25.7 Å². The molecule has 78 valence electrons. The van der Waals surface area contributed by atoms with Crippen molar-refractivity contribution in [1.82, 2.24) is 4.90 Å². The predicted molar refractivity (Wildman–Crippen MR) is 49.7 cm³/mol. The van der Waals surface area contributed by atoms with Crippen molar-refractivity contribution in [1.29, 1.82) is 0 Å². The third-order valence-corrected chi connectivity index (χ3v) is 3.02. The molecule has 4 heteroatoms. The molecule has 0 unspecified atom stereocenters. The highest BCUT2D eigenvalue weighted by Crippen LogP contribution is 2.31. The van der Waals surface area contributed by atoms with E-state index in [4.69, 9.17) is 4.74 Å². The van der Waals surface area contributed by atoms with Crippen LogP contribution in [0.3, 0.4) is 0 Å². The summed E-state index contributed by atoms with van der Waals surface area (Å²) < 4.78 is 5.17. The van der Waals surface area contributed by atoms with Gasteiger partial charge in [-0.15, -0.1) is 0 Å². The molecule has 4 nitrogen and oxygen atoms in total. The van der Waals surface area contributed by atoms with Crippen LogP contribution < -0.4 is 0 Å². The van der Waals surface area contributed by atoms with Crippen LogP contribution >= 0.6 is 0 Å². The maximum atomic E-state index is 11.5. The summed E-state index contributed by atoms with van der Waals surface area (Å²) >= 11 is 0. The highest BCUT2D eigenvalue weighted by Gasteiger charge is 2.45. The van der Waals surface area contributed by atoms with Crippen molar-refractivity contribution >= 4 is 12.0 Å². The number of carbonyl (C=O) groups is 2. The van der Waals surface area contributed by atoms with Crippen molar-refractivity contribution in [2.45, 2.75) is 51.2 Å². The molecular weight excluding hydrogens is 182 g/mol. The number of fused-ring (bicyclic) bond motifs is 1. The molecule has 1 aliphatic heterocycles. The molecule has 0 N–H and O–H groups in total. The Labute approximate surface area is 83.2 Å². The molecule has 2 atom stereocenters. The number of nitrogens with zero attached hydrogens (tertiary/aromatic N) is 1. The molecule has 0 bridgehead atoms. The van der Waals surface area contributed by atoms with E-state index in [2.05, 4.69) is 0 Å². The molecule has 0 radical (unpaired) electrons. The van der Waals surface area contributed by atoms with Crippen molar-refractivity contribution in [3.05, 3.63) is 0 Å². The first kappa shape index (κ1) is 9.49. The molecule has 14 heavy (non-hydrogen) atoms. The van der Waals surface area contributed by atoms with Crippen LogP contribution in [0.1, 0.15) is 39.0 Å². The zero-order valence-corrected chi connectivity index (χ0v) is 8.36. The fourth-order valence-corrected chi connectivity index (χ4v) is 2.29. The number of hydrogen-bond acceptors (Lipinski definition) is 3.